The van der Waals surface area contributed by atoms with E-state index in [4.69, 9.17) is 0 Å². The maximum atomic E-state index is 12.9. The van der Waals surface area contributed by atoms with Crippen molar-refractivity contribution in [2.75, 3.05) is 26.2 Å². The number of amides is 1. The van der Waals surface area contributed by atoms with E-state index in [2.05, 4.69) is 30.7 Å². The largest absolute Gasteiger partial charge is 0.336 e. The van der Waals surface area contributed by atoms with Crippen LogP contribution in [0.25, 0.3) is 0 Å². The van der Waals surface area contributed by atoms with Crippen LogP contribution in [-0.2, 0) is 19.5 Å². The van der Waals surface area contributed by atoms with Crippen molar-refractivity contribution in [3.05, 3.63) is 77.6 Å². The molecule has 7 heteroatoms. The Labute approximate surface area is 176 Å². The van der Waals surface area contributed by atoms with Crippen LogP contribution in [-0.4, -0.2) is 61.6 Å². The van der Waals surface area contributed by atoms with Gasteiger partial charge in [-0.3, -0.25) is 14.7 Å². The number of fused-ring (bicyclic) bond motifs is 1. The lowest BCUT2D eigenvalue weighted by atomic mass is 10.1. The number of rotatable bonds is 4. The first kappa shape index (κ1) is 18.9. The Morgan fingerprint density at radius 3 is 2.73 bits per heavy atom. The molecule has 0 aliphatic carbocycles. The van der Waals surface area contributed by atoms with Gasteiger partial charge in [0, 0.05) is 63.0 Å². The first-order valence-corrected chi connectivity index (χ1v) is 10.7. The van der Waals surface area contributed by atoms with Crippen LogP contribution in [0.5, 0.6) is 0 Å². The minimum Gasteiger partial charge on any atom is -0.336 e. The molecule has 5 rings (SSSR count). The minimum absolute atomic E-state index is 0.0966. The zero-order valence-electron chi connectivity index (χ0n) is 17.0. The molecule has 2 aliphatic rings. The van der Waals surface area contributed by atoms with Crippen LogP contribution in [0.3, 0.4) is 0 Å². The standard InChI is InChI=1S/C23H26N6O/c30-23(19-6-2-1-3-7-19)28-12-9-21-25-26-22(29(21)14-13-28)20-8-11-27(17-20)16-18-5-4-10-24-15-18/h1-7,10,15,20H,8-9,11-14,16-17H2. The molecule has 1 atom stereocenters. The third-order valence-electron chi connectivity index (χ3n) is 6.13. The predicted molar refractivity (Wildman–Crippen MR) is 113 cm³/mol. The van der Waals surface area contributed by atoms with Gasteiger partial charge in [0.25, 0.3) is 5.91 Å². The zero-order valence-corrected chi connectivity index (χ0v) is 17.0. The van der Waals surface area contributed by atoms with Gasteiger partial charge in [0.05, 0.1) is 0 Å². The molecule has 1 amide bonds. The van der Waals surface area contributed by atoms with Crippen molar-refractivity contribution in [3.63, 3.8) is 0 Å². The van der Waals surface area contributed by atoms with Crippen LogP contribution in [0.2, 0.25) is 0 Å². The number of carbonyl (C=O) groups excluding carboxylic acids is 1. The van der Waals surface area contributed by atoms with Crippen molar-refractivity contribution in [1.82, 2.24) is 29.5 Å². The number of pyridine rings is 1. The van der Waals surface area contributed by atoms with Gasteiger partial charge in [0.2, 0.25) is 0 Å². The Bertz CT molecular complexity index is 1000. The Balaban J connectivity index is 1.25. The second-order valence-corrected chi connectivity index (χ2v) is 8.12. The summed E-state index contributed by atoms with van der Waals surface area (Å²) in [7, 11) is 0. The molecule has 2 aliphatic heterocycles. The summed E-state index contributed by atoms with van der Waals surface area (Å²) in [5, 5.41) is 9.04. The van der Waals surface area contributed by atoms with Gasteiger partial charge in [-0.15, -0.1) is 10.2 Å². The summed E-state index contributed by atoms with van der Waals surface area (Å²) in [6, 6.07) is 13.6. The van der Waals surface area contributed by atoms with Gasteiger partial charge in [-0.2, -0.15) is 0 Å². The molecule has 3 aromatic rings. The fourth-order valence-corrected chi connectivity index (χ4v) is 4.55. The summed E-state index contributed by atoms with van der Waals surface area (Å²) in [5.41, 5.74) is 1.99. The molecule has 0 spiro atoms. The monoisotopic (exact) mass is 402 g/mol. The molecule has 1 unspecified atom stereocenters. The Morgan fingerprint density at radius 1 is 1.00 bits per heavy atom. The second kappa shape index (κ2) is 8.36. The lowest BCUT2D eigenvalue weighted by Gasteiger charge is -2.20. The maximum Gasteiger partial charge on any atom is 0.253 e. The molecule has 1 fully saturated rings. The maximum absolute atomic E-state index is 12.9. The number of aromatic nitrogens is 4. The Morgan fingerprint density at radius 2 is 1.90 bits per heavy atom. The van der Waals surface area contributed by atoms with E-state index in [1.165, 1.54) is 5.56 Å². The average Bonchev–Trinajstić information content (AvgIpc) is 3.36. The number of carbonyl (C=O) groups is 1. The van der Waals surface area contributed by atoms with E-state index in [0.29, 0.717) is 19.0 Å². The quantitative estimate of drug-likeness (QED) is 0.670. The smallest absolute Gasteiger partial charge is 0.253 e. The van der Waals surface area contributed by atoms with Gasteiger partial charge in [-0.05, 0) is 36.7 Å². The van der Waals surface area contributed by atoms with E-state index in [1.807, 2.05) is 53.7 Å². The van der Waals surface area contributed by atoms with Crippen LogP contribution >= 0.6 is 0 Å². The van der Waals surface area contributed by atoms with Crippen molar-refractivity contribution in [2.24, 2.45) is 0 Å². The molecule has 0 radical (unpaired) electrons. The van der Waals surface area contributed by atoms with Gasteiger partial charge in [0.1, 0.15) is 11.6 Å². The summed E-state index contributed by atoms with van der Waals surface area (Å²) >= 11 is 0. The topological polar surface area (TPSA) is 67.2 Å². The summed E-state index contributed by atoms with van der Waals surface area (Å²) in [6.45, 7) is 5.10. The zero-order chi connectivity index (χ0) is 20.3. The van der Waals surface area contributed by atoms with Crippen LogP contribution in [0, 0.1) is 0 Å². The van der Waals surface area contributed by atoms with E-state index in [-0.39, 0.29) is 5.91 Å². The van der Waals surface area contributed by atoms with Crippen molar-refractivity contribution in [2.45, 2.75) is 31.8 Å². The number of hydrogen-bond acceptors (Lipinski definition) is 5. The van der Waals surface area contributed by atoms with Gasteiger partial charge in [-0.25, -0.2) is 0 Å². The average molecular weight is 403 g/mol. The molecule has 0 N–H and O–H groups in total. The first-order valence-electron chi connectivity index (χ1n) is 10.7. The minimum atomic E-state index is 0.0966. The molecule has 0 bridgehead atoms. The van der Waals surface area contributed by atoms with Gasteiger partial charge < -0.3 is 9.47 Å². The lowest BCUT2D eigenvalue weighted by molar-refractivity contribution is 0.0758. The van der Waals surface area contributed by atoms with Crippen molar-refractivity contribution >= 4 is 5.91 Å². The predicted octanol–water partition coefficient (Wildman–Crippen LogP) is 2.36. The number of nitrogens with zero attached hydrogens (tertiary/aromatic N) is 6. The first-order chi connectivity index (χ1) is 14.8. The third-order valence-corrected chi connectivity index (χ3v) is 6.13. The van der Waals surface area contributed by atoms with Crippen molar-refractivity contribution < 1.29 is 4.79 Å². The summed E-state index contributed by atoms with van der Waals surface area (Å²) in [4.78, 5) is 21.5. The number of hydrogen-bond donors (Lipinski definition) is 0. The molecule has 1 aromatic carbocycles. The van der Waals surface area contributed by atoms with Crippen molar-refractivity contribution in [3.8, 4) is 0 Å². The molecule has 4 heterocycles. The van der Waals surface area contributed by atoms with E-state index < -0.39 is 0 Å². The summed E-state index contributed by atoms with van der Waals surface area (Å²) in [6.07, 6.45) is 5.59. The fourth-order valence-electron chi connectivity index (χ4n) is 4.55. The molecule has 154 valence electrons. The van der Waals surface area contributed by atoms with Gasteiger partial charge in [0.15, 0.2) is 0 Å². The molecule has 30 heavy (non-hydrogen) atoms. The van der Waals surface area contributed by atoms with E-state index >= 15 is 0 Å². The lowest BCUT2D eigenvalue weighted by Crippen LogP contribution is -2.33. The normalized spacial score (nSPS) is 19.5. The highest BCUT2D eigenvalue weighted by Gasteiger charge is 2.30. The number of benzene rings is 1. The molecule has 2 aromatic heterocycles. The summed E-state index contributed by atoms with van der Waals surface area (Å²) in [5.74, 6) is 2.56. The number of likely N-dealkylation sites (tertiary alicyclic amines) is 1. The highest BCUT2D eigenvalue weighted by atomic mass is 16.2. The van der Waals surface area contributed by atoms with Crippen LogP contribution < -0.4 is 0 Å². The SMILES string of the molecule is O=C(c1ccccc1)N1CCc2nnc(C3CCN(Cc4cccnc4)C3)n2CC1. The van der Waals surface area contributed by atoms with E-state index in [0.717, 1.165) is 56.2 Å². The van der Waals surface area contributed by atoms with Gasteiger partial charge >= 0.3 is 0 Å². The summed E-state index contributed by atoms with van der Waals surface area (Å²) < 4.78 is 2.26. The molecule has 7 nitrogen and oxygen atoms in total. The Kier molecular flexibility index (Phi) is 5.27. The van der Waals surface area contributed by atoms with Gasteiger partial charge in [-0.1, -0.05) is 24.3 Å². The highest BCUT2D eigenvalue weighted by molar-refractivity contribution is 5.94. The van der Waals surface area contributed by atoms with E-state index in [9.17, 15) is 4.79 Å². The molecular formula is C23H26N6O. The third kappa shape index (κ3) is 3.85. The van der Waals surface area contributed by atoms with Crippen LogP contribution in [0.4, 0.5) is 0 Å². The van der Waals surface area contributed by atoms with E-state index in [1.54, 1.807) is 0 Å². The molecular weight excluding hydrogens is 376 g/mol. The van der Waals surface area contributed by atoms with Crippen LogP contribution in [0.15, 0.2) is 54.9 Å². The molecule has 1 saturated heterocycles. The Hall–Kier alpha value is -3.06. The van der Waals surface area contributed by atoms with Crippen LogP contribution in [0.1, 0.15) is 39.9 Å². The van der Waals surface area contributed by atoms with Crippen molar-refractivity contribution in [1.29, 1.82) is 0 Å². The second-order valence-electron chi connectivity index (χ2n) is 8.12. The molecule has 0 saturated carbocycles. The highest BCUT2D eigenvalue weighted by Crippen LogP contribution is 2.28. The fraction of sp³-hybridized carbons (Fsp3) is 0.391.